The maximum Gasteiger partial charge on any atom is 0.262 e. The number of amides is 4. The number of carbonyl (C=O) groups excluding carboxylic acids is 4. The molecule has 0 bridgehead atoms. The Bertz CT molecular complexity index is 1580. The van der Waals surface area contributed by atoms with Gasteiger partial charge in [0.15, 0.2) is 0 Å². The van der Waals surface area contributed by atoms with Gasteiger partial charge in [0.25, 0.3) is 11.8 Å². The number of imide groups is 1. The lowest BCUT2D eigenvalue weighted by Gasteiger charge is -2.32. The highest BCUT2D eigenvalue weighted by molar-refractivity contribution is 6.25. The number of unbranched alkanes of at least 4 members (excludes halogenated alkanes) is 15. The maximum atomic E-state index is 14.1. The Morgan fingerprint density at radius 3 is 1.43 bits per heavy atom. The second-order valence-corrected chi connectivity index (χ2v) is 15.7. The van der Waals surface area contributed by atoms with Crippen molar-refractivity contribution >= 4 is 45.2 Å². The summed E-state index contributed by atoms with van der Waals surface area (Å²) in [5.41, 5.74) is 0.628. The monoisotopic (exact) mass is 726 g/mol. The zero-order valence-electron chi connectivity index (χ0n) is 33.4. The van der Waals surface area contributed by atoms with Crippen LogP contribution in [0.25, 0.3) is 21.5 Å². The van der Waals surface area contributed by atoms with Gasteiger partial charge in [-0.15, -0.1) is 0 Å². The predicted octanol–water partition coefficient (Wildman–Crippen LogP) is 10.9. The van der Waals surface area contributed by atoms with Crippen molar-refractivity contribution in [2.45, 2.75) is 162 Å². The summed E-state index contributed by atoms with van der Waals surface area (Å²) >= 11 is 0. The van der Waals surface area contributed by atoms with E-state index >= 15 is 0 Å². The van der Waals surface area contributed by atoms with Crippen LogP contribution in [0, 0.1) is 11.8 Å². The van der Waals surface area contributed by atoms with Crippen molar-refractivity contribution < 1.29 is 19.2 Å². The Hall–Kier alpha value is -3.74. The van der Waals surface area contributed by atoms with Crippen molar-refractivity contribution in [3.8, 4) is 0 Å². The van der Waals surface area contributed by atoms with E-state index in [0.29, 0.717) is 30.5 Å². The van der Waals surface area contributed by atoms with E-state index in [9.17, 15) is 19.2 Å². The van der Waals surface area contributed by atoms with Crippen LogP contribution >= 0.6 is 0 Å². The lowest BCUT2D eigenvalue weighted by molar-refractivity contribution is -0.133. The summed E-state index contributed by atoms with van der Waals surface area (Å²) in [6.07, 6.45) is 22.0. The highest BCUT2D eigenvalue weighted by Crippen LogP contribution is 2.33. The molecule has 290 valence electrons. The molecule has 0 saturated heterocycles. The smallest absolute Gasteiger partial charge is 0.262 e. The maximum absolute atomic E-state index is 14.1. The van der Waals surface area contributed by atoms with E-state index in [1.807, 2.05) is 64.1 Å². The highest BCUT2D eigenvalue weighted by atomic mass is 16.2. The quantitative estimate of drug-likeness (QED) is 0.0516. The van der Waals surface area contributed by atoms with Gasteiger partial charge in [0.1, 0.15) is 12.1 Å². The SMILES string of the molecule is CCCCCCCCCCCCCCCCCCNC(=O)[C@@H](NC(=O)[C@H]([C@@H](C)CC)N1C(=O)c2cc3cc4ccccc4cc3cc2C1=O)[C@@H](C)CC. The molecule has 0 fully saturated rings. The molecule has 7 nitrogen and oxygen atoms in total. The van der Waals surface area contributed by atoms with Gasteiger partial charge in [0, 0.05) is 6.54 Å². The number of carbonyl (C=O) groups is 4. The van der Waals surface area contributed by atoms with Crippen molar-refractivity contribution in [3.05, 3.63) is 59.7 Å². The fourth-order valence-electron chi connectivity index (χ4n) is 7.74. The molecule has 1 aliphatic rings. The number of fused-ring (bicyclic) bond motifs is 3. The minimum atomic E-state index is -1.03. The average Bonchev–Trinajstić information content (AvgIpc) is 3.39. The summed E-state index contributed by atoms with van der Waals surface area (Å²) in [6.45, 7) is 10.6. The second kappa shape index (κ2) is 21.8. The number of hydrogen-bond donors (Lipinski definition) is 2. The van der Waals surface area contributed by atoms with Crippen molar-refractivity contribution in [3.63, 3.8) is 0 Å². The van der Waals surface area contributed by atoms with E-state index in [1.54, 1.807) is 12.1 Å². The Labute approximate surface area is 319 Å². The molecule has 53 heavy (non-hydrogen) atoms. The molecule has 4 rings (SSSR count). The summed E-state index contributed by atoms with van der Waals surface area (Å²) in [7, 11) is 0. The van der Waals surface area contributed by atoms with Gasteiger partial charge in [-0.05, 0) is 64.1 Å². The van der Waals surface area contributed by atoms with Gasteiger partial charge in [-0.3, -0.25) is 24.1 Å². The fraction of sp³-hybridized carbons (Fsp3) is 0.609. The van der Waals surface area contributed by atoms with Gasteiger partial charge >= 0.3 is 0 Å². The Kier molecular flexibility index (Phi) is 17.3. The molecule has 7 heteroatoms. The van der Waals surface area contributed by atoms with Crippen LogP contribution in [0.4, 0.5) is 0 Å². The third-order valence-electron chi connectivity index (χ3n) is 11.6. The van der Waals surface area contributed by atoms with Crippen LogP contribution in [-0.4, -0.2) is 47.2 Å². The molecule has 1 aliphatic heterocycles. The molecule has 1 heterocycles. The Balaban J connectivity index is 1.25. The molecule has 3 aromatic carbocycles. The standard InChI is InChI=1S/C46H67N3O4/c1-6-9-10-11-12-13-14-15-16-17-18-19-20-21-22-25-28-47-43(50)41(33(4)7-2)48-44(51)42(34(5)8-3)49-45(52)39-31-37-29-35-26-23-24-27-36(35)30-38(37)32-40(39)46(49)53/h23-24,26-27,29-34,41-42H,6-22,25,28H2,1-5H3,(H,47,50)(H,48,51)/t33-,34-,41-,42-/m0/s1. The normalized spacial score (nSPS) is 15.1. The molecule has 4 amide bonds. The minimum Gasteiger partial charge on any atom is -0.354 e. The molecular formula is C46H67N3O4. The van der Waals surface area contributed by atoms with Crippen LogP contribution in [0.5, 0.6) is 0 Å². The Morgan fingerprint density at radius 2 is 1.00 bits per heavy atom. The van der Waals surface area contributed by atoms with E-state index < -0.39 is 29.8 Å². The summed E-state index contributed by atoms with van der Waals surface area (Å²) in [6, 6.07) is 13.8. The zero-order valence-corrected chi connectivity index (χ0v) is 33.4. The van der Waals surface area contributed by atoms with Gasteiger partial charge in [0.05, 0.1) is 11.1 Å². The van der Waals surface area contributed by atoms with E-state index in [2.05, 4.69) is 17.6 Å². The number of benzene rings is 3. The van der Waals surface area contributed by atoms with Crippen molar-refractivity contribution in [1.29, 1.82) is 0 Å². The van der Waals surface area contributed by atoms with Gasteiger partial charge in [-0.25, -0.2) is 0 Å². The van der Waals surface area contributed by atoms with Crippen LogP contribution in [0.15, 0.2) is 48.5 Å². The van der Waals surface area contributed by atoms with Crippen LogP contribution in [-0.2, 0) is 9.59 Å². The lowest BCUT2D eigenvalue weighted by atomic mass is 9.94. The van der Waals surface area contributed by atoms with E-state index in [1.165, 1.54) is 89.9 Å². The van der Waals surface area contributed by atoms with E-state index in [0.717, 1.165) is 39.3 Å². The van der Waals surface area contributed by atoms with E-state index in [-0.39, 0.29) is 17.7 Å². The first-order valence-electron chi connectivity index (χ1n) is 21.1. The lowest BCUT2D eigenvalue weighted by Crippen LogP contribution is -2.58. The fourth-order valence-corrected chi connectivity index (χ4v) is 7.74. The number of nitrogens with zero attached hydrogens (tertiary/aromatic N) is 1. The molecule has 0 aliphatic carbocycles. The molecule has 2 N–H and O–H groups in total. The van der Waals surface area contributed by atoms with Gasteiger partial charge in [-0.2, -0.15) is 0 Å². The molecule has 4 atom stereocenters. The molecule has 0 spiro atoms. The summed E-state index contributed by atoms with van der Waals surface area (Å²) in [4.78, 5) is 56.6. The number of rotatable bonds is 25. The third kappa shape index (κ3) is 11.6. The molecule has 0 unspecified atom stereocenters. The summed E-state index contributed by atoms with van der Waals surface area (Å²) in [5, 5.41) is 9.90. The first kappa shape index (κ1) is 42.0. The first-order chi connectivity index (χ1) is 25.7. The number of hydrogen-bond acceptors (Lipinski definition) is 4. The van der Waals surface area contributed by atoms with Crippen LogP contribution in [0.3, 0.4) is 0 Å². The molecular weight excluding hydrogens is 659 g/mol. The zero-order chi connectivity index (χ0) is 38.2. The first-order valence-corrected chi connectivity index (χ1v) is 21.1. The largest absolute Gasteiger partial charge is 0.354 e. The van der Waals surface area contributed by atoms with Gasteiger partial charge in [0.2, 0.25) is 11.8 Å². The Morgan fingerprint density at radius 1 is 0.566 bits per heavy atom. The molecule has 0 aromatic heterocycles. The van der Waals surface area contributed by atoms with Crippen molar-refractivity contribution in [2.75, 3.05) is 6.54 Å². The van der Waals surface area contributed by atoms with Crippen LogP contribution in [0.2, 0.25) is 0 Å². The molecule has 0 saturated carbocycles. The van der Waals surface area contributed by atoms with Crippen LogP contribution in [0.1, 0.15) is 171 Å². The predicted molar refractivity (Wildman–Crippen MR) is 219 cm³/mol. The van der Waals surface area contributed by atoms with E-state index in [4.69, 9.17) is 0 Å². The highest BCUT2D eigenvalue weighted by Gasteiger charge is 2.45. The second-order valence-electron chi connectivity index (χ2n) is 15.7. The summed E-state index contributed by atoms with van der Waals surface area (Å²) in [5.74, 6) is -2.03. The van der Waals surface area contributed by atoms with Gasteiger partial charge in [-0.1, -0.05) is 168 Å². The van der Waals surface area contributed by atoms with Crippen LogP contribution < -0.4 is 10.6 Å². The molecule has 0 radical (unpaired) electrons. The molecule has 3 aromatic rings. The minimum absolute atomic E-state index is 0.121. The van der Waals surface area contributed by atoms with Crippen molar-refractivity contribution in [1.82, 2.24) is 15.5 Å². The average molecular weight is 726 g/mol. The van der Waals surface area contributed by atoms with Gasteiger partial charge < -0.3 is 10.6 Å². The topological polar surface area (TPSA) is 95.6 Å². The summed E-state index contributed by atoms with van der Waals surface area (Å²) < 4.78 is 0. The van der Waals surface area contributed by atoms with Crippen molar-refractivity contribution in [2.24, 2.45) is 11.8 Å². The number of nitrogens with one attached hydrogen (secondary N) is 2. The third-order valence-corrected chi connectivity index (χ3v) is 11.6.